The molecule has 0 radical (unpaired) electrons. The monoisotopic (exact) mass is 414 g/mol. The van der Waals surface area contributed by atoms with Gasteiger partial charge in [0.05, 0.1) is 6.61 Å². The van der Waals surface area contributed by atoms with Gasteiger partial charge < -0.3 is 24.0 Å². The number of nitrogens with one attached hydrogen (secondary N) is 1. The number of hydrogen-bond acceptors (Lipinski definition) is 8. The molecular formula is C20H18N2O8. The number of anilines is 1. The van der Waals surface area contributed by atoms with Gasteiger partial charge in [0.15, 0.2) is 6.61 Å². The lowest BCUT2D eigenvalue weighted by atomic mass is 10.1. The number of rotatable bonds is 7. The third kappa shape index (κ3) is 4.32. The van der Waals surface area contributed by atoms with Gasteiger partial charge in [-0.15, -0.1) is 0 Å². The zero-order valence-corrected chi connectivity index (χ0v) is 16.1. The highest BCUT2D eigenvalue weighted by molar-refractivity contribution is 6.10. The molecule has 0 fully saturated rings. The van der Waals surface area contributed by atoms with E-state index in [0.29, 0.717) is 11.0 Å². The average Bonchev–Trinajstić information content (AvgIpc) is 3.02. The molecule has 156 valence electrons. The summed E-state index contributed by atoms with van der Waals surface area (Å²) in [7, 11) is 0. The number of primary amides is 1. The summed E-state index contributed by atoms with van der Waals surface area (Å²) in [6.07, 6.45) is 0. The fourth-order valence-corrected chi connectivity index (χ4v) is 2.76. The molecule has 1 aromatic carbocycles. The molecule has 3 rings (SSSR count). The Labute approximate surface area is 169 Å². The van der Waals surface area contributed by atoms with Gasteiger partial charge in [-0.3, -0.25) is 14.9 Å². The maximum atomic E-state index is 12.3. The number of hydrogen-bond donors (Lipinski definition) is 2. The van der Waals surface area contributed by atoms with Gasteiger partial charge in [-0.1, -0.05) is 0 Å². The van der Waals surface area contributed by atoms with E-state index in [9.17, 15) is 19.2 Å². The summed E-state index contributed by atoms with van der Waals surface area (Å²) < 4.78 is 20.7. The first-order valence-electron chi connectivity index (χ1n) is 8.87. The van der Waals surface area contributed by atoms with E-state index in [2.05, 4.69) is 5.32 Å². The van der Waals surface area contributed by atoms with Gasteiger partial charge in [0, 0.05) is 17.5 Å². The van der Waals surface area contributed by atoms with Gasteiger partial charge in [-0.2, -0.15) is 0 Å². The Bertz CT molecular complexity index is 1190. The molecule has 0 aliphatic rings. The molecule has 0 saturated heterocycles. The molecule has 0 atom stereocenters. The molecule has 0 bridgehead atoms. The molecule has 0 aliphatic heterocycles. The summed E-state index contributed by atoms with van der Waals surface area (Å²) in [4.78, 5) is 47.5. The number of aryl methyl sites for hydroxylation is 1. The van der Waals surface area contributed by atoms with Crippen molar-refractivity contribution in [2.75, 3.05) is 18.5 Å². The van der Waals surface area contributed by atoms with Crippen molar-refractivity contribution >= 4 is 34.6 Å². The summed E-state index contributed by atoms with van der Waals surface area (Å²) in [5.74, 6) is -2.34. The van der Waals surface area contributed by atoms with E-state index < -0.39 is 30.0 Å². The predicted molar refractivity (Wildman–Crippen MR) is 105 cm³/mol. The van der Waals surface area contributed by atoms with E-state index in [4.69, 9.17) is 24.0 Å². The highest BCUT2D eigenvalue weighted by Crippen LogP contribution is 2.27. The smallest absolute Gasteiger partial charge is 0.342 e. The van der Waals surface area contributed by atoms with Crippen molar-refractivity contribution in [3.63, 3.8) is 0 Å². The van der Waals surface area contributed by atoms with Crippen LogP contribution in [-0.4, -0.2) is 31.0 Å². The first-order chi connectivity index (χ1) is 14.3. The maximum Gasteiger partial charge on any atom is 0.342 e. The summed E-state index contributed by atoms with van der Waals surface area (Å²) in [6, 6.07) is 7.62. The number of fused-ring (bicyclic) bond motifs is 1. The maximum absolute atomic E-state index is 12.3. The molecule has 2 heterocycles. The predicted octanol–water partition coefficient (Wildman–Crippen LogP) is 1.99. The number of carbonyl (C=O) groups is 3. The van der Waals surface area contributed by atoms with Crippen LogP contribution in [0.2, 0.25) is 0 Å². The second-order valence-corrected chi connectivity index (χ2v) is 6.11. The molecule has 10 heteroatoms. The Morgan fingerprint density at radius 2 is 1.83 bits per heavy atom. The van der Waals surface area contributed by atoms with Crippen molar-refractivity contribution in [2.24, 2.45) is 5.73 Å². The van der Waals surface area contributed by atoms with Crippen LogP contribution in [0, 0.1) is 6.92 Å². The fraction of sp³-hybridized carbons (Fsp3) is 0.200. The Balaban J connectivity index is 1.75. The van der Waals surface area contributed by atoms with E-state index in [1.807, 2.05) is 0 Å². The largest absolute Gasteiger partial charge is 0.484 e. The van der Waals surface area contributed by atoms with E-state index in [-0.39, 0.29) is 35.1 Å². The Morgan fingerprint density at radius 1 is 1.10 bits per heavy atom. The van der Waals surface area contributed by atoms with E-state index in [1.165, 1.54) is 19.1 Å². The first kappa shape index (κ1) is 20.6. The highest BCUT2D eigenvalue weighted by atomic mass is 16.5. The summed E-state index contributed by atoms with van der Waals surface area (Å²) in [5, 5.41) is 3.04. The van der Waals surface area contributed by atoms with Crippen molar-refractivity contribution in [1.29, 1.82) is 0 Å². The average molecular weight is 414 g/mol. The Kier molecular flexibility index (Phi) is 5.86. The van der Waals surface area contributed by atoms with Crippen LogP contribution in [0.4, 0.5) is 5.88 Å². The molecule has 3 aromatic rings. The summed E-state index contributed by atoms with van der Waals surface area (Å²) in [5.41, 5.74) is 4.70. The minimum absolute atomic E-state index is 0.0722. The molecule has 2 amide bonds. The molecule has 30 heavy (non-hydrogen) atoms. The molecule has 0 unspecified atom stereocenters. The van der Waals surface area contributed by atoms with Crippen LogP contribution in [0.25, 0.3) is 11.0 Å². The minimum Gasteiger partial charge on any atom is -0.484 e. The van der Waals surface area contributed by atoms with Crippen LogP contribution in [0.1, 0.15) is 33.4 Å². The van der Waals surface area contributed by atoms with Gasteiger partial charge in [-0.25, -0.2) is 9.59 Å². The lowest BCUT2D eigenvalue weighted by molar-refractivity contribution is -0.118. The number of esters is 1. The summed E-state index contributed by atoms with van der Waals surface area (Å²) in [6.45, 7) is 2.68. The number of benzene rings is 1. The van der Waals surface area contributed by atoms with E-state index in [0.717, 1.165) is 0 Å². The van der Waals surface area contributed by atoms with Crippen molar-refractivity contribution in [3.05, 3.63) is 57.6 Å². The number of furan rings is 1. The first-order valence-corrected chi connectivity index (χ1v) is 8.87. The number of ether oxygens (including phenoxy) is 2. The molecule has 2 aromatic heterocycles. The molecule has 0 spiro atoms. The van der Waals surface area contributed by atoms with Crippen LogP contribution in [-0.2, 0) is 9.53 Å². The molecular weight excluding hydrogens is 396 g/mol. The zero-order valence-electron chi connectivity index (χ0n) is 16.1. The van der Waals surface area contributed by atoms with Crippen molar-refractivity contribution in [3.8, 4) is 5.75 Å². The Hall–Kier alpha value is -4.08. The van der Waals surface area contributed by atoms with Crippen LogP contribution in [0.3, 0.4) is 0 Å². The van der Waals surface area contributed by atoms with Gasteiger partial charge in [0.25, 0.3) is 11.8 Å². The number of carbonyl (C=O) groups excluding carboxylic acids is 3. The SMILES string of the molecule is CCOC(=O)c1c(C)oc(NC(=O)COc2ccc3ccc(=O)oc3c2)c1C(N)=O. The van der Waals surface area contributed by atoms with Crippen molar-refractivity contribution < 1.29 is 32.7 Å². The van der Waals surface area contributed by atoms with Gasteiger partial charge in [-0.05, 0) is 32.0 Å². The van der Waals surface area contributed by atoms with Crippen LogP contribution < -0.4 is 21.4 Å². The normalized spacial score (nSPS) is 10.6. The quantitative estimate of drug-likeness (QED) is 0.440. The van der Waals surface area contributed by atoms with E-state index in [1.54, 1.807) is 25.1 Å². The lowest BCUT2D eigenvalue weighted by Gasteiger charge is -2.07. The van der Waals surface area contributed by atoms with Crippen LogP contribution in [0.15, 0.2) is 44.0 Å². The van der Waals surface area contributed by atoms with Crippen molar-refractivity contribution in [2.45, 2.75) is 13.8 Å². The van der Waals surface area contributed by atoms with Crippen molar-refractivity contribution in [1.82, 2.24) is 0 Å². The fourth-order valence-electron chi connectivity index (χ4n) is 2.76. The third-order valence-electron chi connectivity index (χ3n) is 4.03. The summed E-state index contributed by atoms with van der Waals surface area (Å²) >= 11 is 0. The van der Waals surface area contributed by atoms with Gasteiger partial charge >= 0.3 is 11.6 Å². The van der Waals surface area contributed by atoms with Gasteiger partial charge in [0.2, 0.25) is 5.88 Å². The second kappa shape index (κ2) is 8.52. The van der Waals surface area contributed by atoms with E-state index >= 15 is 0 Å². The van der Waals surface area contributed by atoms with Crippen LogP contribution >= 0.6 is 0 Å². The molecule has 0 saturated carbocycles. The topological polar surface area (TPSA) is 151 Å². The standard InChI is InChI=1S/C20H18N2O8/c1-3-27-20(26)16-10(2)29-19(17(16)18(21)25)22-14(23)9-28-12-6-4-11-5-7-15(24)30-13(11)8-12/h4-8H,3,9H2,1-2H3,(H2,21,25)(H,22,23). The molecule has 0 aliphatic carbocycles. The zero-order chi connectivity index (χ0) is 21.8. The number of amides is 2. The minimum atomic E-state index is -0.962. The highest BCUT2D eigenvalue weighted by Gasteiger charge is 2.29. The van der Waals surface area contributed by atoms with Gasteiger partial charge in [0.1, 0.15) is 28.2 Å². The second-order valence-electron chi connectivity index (χ2n) is 6.11. The van der Waals surface area contributed by atoms with Crippen LogP contribution in [0.5, 0.6) is 5.75 Å². The number of nitrogens with two attached hydrogens (primary N) is 1. The molecule has 10 nitrogen and oxygen atoms in total. The Morgan fingerprint density at radius 3 is 2.53 bits per heavy atom. The lowest BCUT2D eigenvalue weighted by Crippen LogP contribution is -2.23. The third-order valence-corrected chi connectivity index (χ3v) is 4.03. The molecule has 3 N–H and O–H groups in total.